The van der Waals surface area contributed by atoms with Gasteiger partial charge in [-0.2, -0.15) is 21.6 Å². The second-order valence-electron chi connectivity index (χ2n) is 9.29. The van der Waals surface area contributed by atoms with Gasteiger partial charge in [-0.1, -0.05) is 6.07 Å². The SMILES string of the molecule is N=C1NC2[C@H](CN3C(=O)CCC3=O)NC(=N)N3C[C@H](OS(=O)(=O)c4cccc(C(F)(F)F)c4)C(O)(O)C23N1. The van der Waals surface area contributed by atoms with Crippen molar-refractivity contribution in [3.05, 3.63) is 29.8 Å². The van der Waals surface area contributed by atoms with E-state index in [0.717, 1.165) is 21.9 Å². The number of halogens is 3. The lowest BCUT2D eigenvalue weighted by atomic mass is 9.85. The topological polar surface area (TPSA) is 208 Å². The Morgan fingerprint density at radius 2 is 1.79 bits per heavy atom. The van der Waals surface area contributed by atoms with Crippen molar-refractivity contribution in [1.82, 2.24) is 25.8 Å². The van der Waals surface area contributed by atoms with E-state index in [4.69, 9.17) is 15.0 Å². The number of benzene rings is 1. The van der Waals surface area contributed by atoms with Gasteiger partial charge < -0.3 is 31.1 Å². The normalized spacial score (nSPS) is 30.6. The largest absolute Gasteiger partial charge is 0.416 e. The molecular formula is C20H22F3N7O7S. The van der Waals surface area contributed by atoms with Crippen molar-refractivity contribution in [3.63, 3.8) is 0 Å². The van der Waals surface area contributed by atoms with Crippen LogP contribution >= 0.6 is 0 Å². The Morgan fingerprint density at radius 3 is 2.42 bits per heavy atom. The Balaban J connectivity index is 1.48. The summed E-state index contributed by atoms with van der Waals surface area (Å²) < 4.78 is 70.2. The maximum Gasteiger partial charge on any atom is 0.416 e. The number of nitrogens with one attached hydrogen (secondary N) is 5. The van der Waals surface area contributed by atoms with Crippen LogP contribution in [-0.4, -0.2) is 94.9 Å². The second-order valence-corrected chi connectivity index (χ2v) is 10.9. The Labute approximate surface area is 212 Å². The minimum absolute atomic E-state index is 0.0142. The van der Waals surface area contributed by atoms with Gasteiger partial charge in [0, 0.05) is 12.8 Å². The molecule has 4 aliphatic rings. The number of hydrogen-bond donors (Lipinski definition) is 7. The first kappa shape index (κ1) is 26.1. The van der Waals surface area contributed by atoms with E-state index in [2.05, 4.69) is 16.0 Å². The van der Waals surface area contributed by atoms with E-state index in [1.807, 2.05) is 0 Å². The zero-order valence-electron chi connectivity index (χ0n) is 19.2. The van der Waals surface area contributed by atoms with Crippen LogP contribution in [-0.2, 0) is 30.1 Å². The molecule has 1 aromatic carbocycles. The number of rotatable bonds is 5. The molecule has 1 spiro atoms. The molecule has 0 aliphatic carbocycles. The molecule has 206 valence electrons. The van der Waals surface area contributed by atoms with E-state index in [1.54, 1.807) is 0 Å². The van der Waals surface area contributed by atoms with Crippen molar-refractivity contribution in [3.8, 4) is 0 Å². The third-order valence-electron chi connectivity index (χ3n) is 7.07. The summed E-state index contributed by atoms with van der Waals surface area (Å²) in [4.78, 5) is 25.4. The standard InChI is InChI=1S/C20H22F3N7O7S/c21-20(22,23)9-2-1-3-10(6-9)38(35,36)37-12-8-30-17(25)26-11(7-29-13(31)4-5-14(29)32)15-18(30,19(12,33)34)28-16(24)27-15/h1-3,6,11-12,15,33-34H,4-5,7-8H2,(H2,25,26)(H3,24,27,28)/t11-,12-,15?,18?/m0/s1. The molecule has 2 unspecified atom stereocenters. The van der Waals surface area contributed by atoms with Crippen molar-refractivity contribution >= 4 is 33.9 Å². The molecule has 38 heavy (non-hydrogen) atoms. The number of guanidine groups is 2. The molecule has 7 N–H and O–H groups in total. The van der Waals surface area contributed by atoms with E-state index >= 15 is 0 Å². The monoisotopic (exact) mass is 561 g/mol. The molecule has 4 fully saturated rings. The highest BCUT2D eigenvalue weighted by molar-refractivity contribution is 7.86. The summed E-state index contributed by atoms with van der Waals surface area (Å²) in [5.74, 6) is -5.01. The molecule has 4 atom stereocenters. The van der Waals surface area contributed by atoms with Crippen LogP contribution in [0.5, 0.6) is 0 Å². The Hall–Kier alpha value is -3.48. The maximum absolute atomic E-state index is 13.1. The van der Waals surface area contributed by atoms with Gasteiger partial charge in [-0.15, -0.1) is 0 Å². The summed E-state index contributed by atoms with van der Waals surface area (Å²) in [7, 11) is -4.99. The van der Waals surface area contributed by atoms with Crippen LogP contribution < -0.4 is 16.0 Å². The summed E-state index contributed by atoms with van der Waals surface area (Å²) >= 11 is 0. The smallest absolute Gasteiger partial charge is 0.360 e. The molecule has 0 bridgehead atoms. The third kappa shape index (κ3) is 3.77. The predicted molar refractivity (Wildman–Crippen MR) is 118 cm³/mol. The van der Waals surface area contributed by atoms with E-state index in [9.17, 15) is 41.4 Å². The molecule has 0 radical (unpaired) electrons. The van der Waals surface area contributed by atoms with Crippen molar-refractivity contribution in [2.24, 2.45) is 0 Å². The number of aliphatic hydroxyl groups is 2. The lowest BCUT2D eigenvalue weighted by Crippen LogP contribution is -2.81. The Morgan fingerprint density at radius 1 is 1.13 bits per heavy atom. The van der Waals surface area contributed by atoms with Crippen molar-refractivity contribution in [1.29, 1.82) is 10.8 Å². The van der Waals surface area contributed by atoms with Crippen LogP contribution in [0.15, 0.2) is 29.2 Å². The number of likely N-dealkylation sites (tertiary alicyclic amines) is 1. The molecule has 14 nitrogen and oxygen atoms in total. The molecule has 18 heteroatoms. The van der Waals surface area contributed by atoms with Crippen LogP contribution in [0, 0.1) is 10.8 Å². The maximum atomic E-state index is 13.1. The van der Waals surface area contributed by atoms with E-state index in [1.165, 1.54) is 0 Å². The van der Waals surface area contributed by atoms with Crippen LogP contribution in [0.25, 0.3) is 0 Å². The van der Waals surface area contributed by atoms with E-state index < -0.39 is 86.7 Å². The lowest BCUT2D eigenvalue weighted by Gasteiger charge is -2.51. The highest BCUT2D eigenvalue weighted by Gasteiger charge is 2.75. The van der Waals surface area contributed by atoms with Gasteiger partial charge >= 0.3 is 6.18 Å². The van der Waals surface area contributed by atoms with Gasteiger partial charge in [0.1, 0.15) is 0 Å². The van der Waals surface area contributed by atoms with Gasteiger partial charge in [0.15, 0.2) is 23.7 Å². The lowest BCUT2D eigenvalue weighted by molar-refractivity contribution is -0.253. The molecule has 4 heterocycles. The number of carbonyl (C=O) groups excluding carboxylic acids is 2. The Bertz CT molecular complexity index is 1340. The average Bonchev–Trinajstić information content (AvgIpc) is 3.41. The summed E-state index contributed by atoms with van der Waals surface area (Å²) in [6.07, 6.45) is -6.92. The first-order valence-corrected chi connectivity index (χ1v) is 12.6. The predicted octanol–water partition coefficient (Wildman–Crippen LogP) is -1.98. The number of imide groups is 1. The molecule has 0 aromatic heterocycles. The quantitative estimate of drug-likeness (QED) is 0.119. The van der Waals surface area contributed by atoms with Crippen LogP contribution in [0.3, 0.4) is 0 Å². The third-order valence-corrected chi connectivity index (χ3v) is 8.39. The van der Waals surface area contributed by atoms with E-state index in [0.29, 0.717) is 12.1 Å². The molecule has 1 aromatic rings. The number of amides is 2. The fourth-order valence-electron chi connectivity index (χ4n) is 5.31. The van der Waals surface area contributed by atoms with Gasteiger partial charge in [-0.3, -0.25) is 29.5 Å². The average molecular weight is 561 g/mol. The van der Waals surface area contributed by atoms with Gasteiger partial charge in [0.2, 0.25) is 17.6 Å². The number of nitrogens with zero attached hydrogens (tertiary/aromatic N) is 2. The zero-order valence-corrected chi connectivity index (χ0v) is 20.1. The summed E-state index contributed by atoms with van der Waals surface area (Å²) in [6, 6.07) is 0.445. The number of alkyl halides is 3. The van der Waals surface area contributed by atoms with Gasteiger partial charge in [0.05, 0.1) is 35.6 Å². The number of hydrogen-bond acceptors (Lipinski definition) is 9. The highest BCUT2D eigenvalue weighted by atomic mass is 32.2. The van der Waals surface area contributed by atoms with Crippen LogP contribution in [0.4, 0.5) is 13.2 Å². The molecule has 2 amide bonds. The van der Waals surface area contributed by atoms with Crippen molar-refractivity contribution in [2.45, 2.75) is 53.6 Å². The first-order chi connectivity index (χ1) is 17.6. The summed E-state index contributed by atoms with van der Waals surface area (Å²) in [5.41, 5.74) is -3.45. The molecule has 0 saturated carbocycles. The molecule has 5 rings (SSSR count). The van der Waals surface area contributed by atoms with E-state index in [-0.39, 0.29) is 19.4 Å². The van der Waals surface area contributed by atoms with Crippen molar-refractivity contribution in [2.75, 3.05) is 13.1 Å². The summed E-state index contributed by atoms with van der Waals surface area (Å²) in [5, 5.41) is 47.0. The fraction of sp³-hybridized carbons (Fsp3) is 0.500. The fourth-order valence-corrected chi connectivity index (χ4v) is 6.43. The van der Waals surface area contributed by atoms with Crippen LogP contribution in [0.2, 0.25) is 0 Å². The second kappa shape index (κ2) is 8.26. The highest BCUT2D eigenvalue weighted by Crippen LogP contribution is 2.45. The molecular weight excluding hydrogens is 539 g/mol. The van der Waals surface area contributed by atoms with Gasteiger partial charge in [-0.25, -0.2) is 0 Å². The summed E-state index contributed by atoms with van der Waals surface area (Å²) in [6.45, 7) is -0.948. The minimum atomic E-state index is -4.99. The molecule has 4 saturated heterocycles. The van der Waals surface area contributed by atoms with Crippen molar-refractivity contribution < 1.29 is 45.6 Å². The van der Waals surface area contributed by atoms with Crippen LogP contribution in [0.1, 0.15) is 18.4 Å². The zero-order chi connectivity index (χ0) is 27.8. The van der Waals surface area contributed by atoms with Gasteiger partial charge in [0.25, 0.3) is 10.1 Å². The minimum Gasteiger partial charge on any atom is -0.360 e. The first-order valence-electron chi connectivity index (χ1n) is 11.2. The Kier molecular flexibility index (Phi) is 5.68. The van der Waals surface area contributed by atoms with Gasteiger partial charge in [-0.05, 0) is 18.2 Å². The molecule has 4 aliphatic heterocycles. The number of carbonyl (C=O) groups is 2.